The molecule has 0 aliphatic carbocycles. The van der Waals surface area contributed by atoms with E-state index in [0.717, 1.165) is 0 Å². The summed E-state index contributed by atoms with van der Waals surface area (Å²) in [6, 6.07) is 0. The van der Waals surface area contributed by atoms with Gasteiger partial charge in [0.25, 0.3) is 0 Å². The van der Waals surface area contributed by atoms with Gasteiger partial charge in [-0.3, -0.25) is 0 Å². The maximum absolute atomic E-state index is 6.73. The first kappa shape index (κ1) is 18.7. The van der Waals surface area contributed by atoms with Crippen LogP contribution in [0, 0.1) is 0 Å². The molecule has 21 heavy (non-hydrogen) atoms. The minimum absolute atomic E-state index is 0.0132. The number of hydrogen-bond acceptors (Lipinski definition) is 4. The molecule has 4 nitrogen and oxygen atoms in total. The molecule has 1 rings (SSSR count). The number of hydrogen-bond donors (Lipinski definition) is 0. The van der Waals surface area contributed by atoms with Crippen molar-refractivity contribution in [1.29, 1.82) is 0 Å². The van der Waals surface area contributed by atoms with Crippen LogP contribution in [-0.4, -0.2) is 41.0 Å². The van der Waals surface area contributed by atoms with E-state index in [0.29, 0.717) is 23.2 Å². The van der Waals surface area contributed by atoms with Crippen LogP contribution in [0.25, 0.3) is 0 Å². The van der Waals surface area contributed by atoms with Crippen molar-refractivity contribution in [3.8, 4) is 0 Å². The highest BCUT2D eigenvalue weighted by Gasteiger charge is 2.48. The normalized spacial score (nSPS) is 22.6. The summed E-state index contributed by atoms with van der Waals surface area (Å²) in [5, 5.41) is 0. The first-order chi connectivity index (χ1) is 9.86. The first-order valence-electron chi connectivity index (χ1n) is 7.92. The van der Waals surface area contributed by atoms with Crippen LogP contribution >= 0.6 is 0 Å². The monoisotopic (exact) mass is 316 g/mol. The molecular weight excluding hydrogens is 284 g/mol. The zero-order chi connectivity index (χ0) is 16.0. The van der Waals surface area contributed by atoms with Crippen LogP contribution in [0.15, 0.2) is 12.3 Å². The van der Waals surface area contributed by atoms with E-state index in [-0.39, 0.29) is 19.0 Å². The van der Waals surface area contributed by atoms with Crippen LogP contribution in [-0.2, 0) is 18.6 Å². The zero-order valence-electron chi connectivity index (χ0n) is 14.6. The quantitative estimate of drug-likeness (QED) is 0.365. The Hall–Kier alpha value is -0.363. The fourth-order valence-corrected chi connectivity index (χ4v) is 9.08. The summed E-state index contributed by atoms with van der Waals surface area (Å²) in [5.74, 6) is 0. The highest BCUT2D eigenvalue weighted by molar-refractivity contribution is 6.77. The van der Waals surface area contributed by atoms with Crippen molar-refractivity contribution in [3.05, 3.63) is 12.3 Å². The Kier molecular flexibility index (Phi) is 7.40. The summed E-state index contributed by atoms with van der Waals surface area (Å²) in [4.78, 5) is 0. The number of ether oxygens (including phenoxy) is 3. The van der Waals surface area contributed by atoms with Crippen LogP contribution in [0.1, 0.15) is 41.5 Å². The molecule has 0 saturated carbocycles. The van der Waals surface area contributed by atoms with Crippen molar-refractivity contribution in [2.45, 2.75) is 70.4 Å². The van der Waals surface area contributed by atoms with Crippen LogP contribution in [0.3, 0.4) is 0 Å². The Morgan fingerprint density at radius 2 is 1.62 bits per heavy atom. The second-order valence-corrected chi connectivity index (χ2v) is 12.1. The molecule has 0 radical (unpaired) electrons. The van der Waals surface area contributed by atoms with E-state index in [1.165, 1.54) is 0 Å². The lowest BCUT2D eigenvalue weighted by Gasteiger charge is -2.44. The summed E-state index contributed by atoms with van der Waals surface area (Å²) in [7, 11) is -0.279. The minimum Gasteiger partial charge on any atom is -0.493 e. The van der Waals surface area contributed by atoms with Crippen molar-refractivity contribution in [2.75, 3.05) is 20.5 Å². The molecule has 0 N–H and O–H groups in total. The van der Waals surface area contributed by atoms with E-state index in [2.05, 4.69) is 41.5 Å². The molecule has 5 heteroatoms. The molecule has 1 heterocycles. The van der Waals surface area contributed by atoms with E-state index in [1.54, 1.807) is 13.4 Å². The molecule has 0 spiro atoms. The zero-order valence-corrected chi connectivity index (χ0v) is 15.6. The molecule has 0 unspecified atom stereocenters. The van der Waals surface area contributed by atoms with Gasteiger partial charge in [0.05, 0.1) is 12.9 Å². The maximum atomic E-state index is 6.73. The van der Waals surface area contributed by atoms with Crippen LogP contribution in [0.5, 0.6) is 0 Å². The van der Waals surface area contributed by atoms with E-state index >= 15 is 0 Å². The molecule has 0 aromatic rings. The van der Waals surface area contributed by atoms with Crippen molar-refractivity contribution < 1.29 is 18.6 Å². The maximum Gasteiger partial charge on any atom is 0.201 e. The van der Waals surface area contributed by atoms with Crippen LogP contribution in [0.4, 0.5) is 0 Å². The average Bonchev–Trinajstić information content (AvgIpc) is 2.82. The lowest BCUT2D eigenvalue weighted by atomic mass is 10.2. The van der Waals surface area contributed by atoms with Gasteiger partial charge in [0.2, 0.25) is 8.32 Å². The fourth-order valence-electron chi connectivity index (χ4n) is 3.57. The molecule has 0 saturated heterocycles. The van der Waals surface area contributed by atoms with Crippen molar-refractivity contribution in [3.63, 3.8) is 0 Å². The van der Waals surface area contributed by atoms with Crippen molar-refractivity contribution >= 4 is 8.32 Å². The third-order valence-electron chi connectivity index (χ3n) is 4.42. The van der Waals surface area contributed by atoms with Crippen LogP contribution < -0.4 is 0 Å². The molecular formula is C16H32O4Si. The molecule has 1 aliphatic rings. The van der Waals surface area contributed by atoms with Gasteiger partial charge >= 0.3 is 0 Å². The molecule has 0 bridgehead atoms. The Morgan fingerprint density at radius 3 is 2.10 bits per heavy atom. The first-order valence-corrected chi connectivity index (χ1v) is 10.1. The number of rotatable bonds is 9. The van der Waals surface area contributed by atoms with Crippen molar-refractivity contribution in [1.82, 2.24) is 0 Å². The topological polar surface area (TPSA) is 36.9 Å². The molecule has 0 aromatic carbocycles. The predicted octanol–water partition coefficient (Wildman–Crippen LogP) is 4.08. The summed E-state index contributed by atoms with van der Waals surface area (Å²) in [5.41, 5.74) is 1.69. The van der Waals surface area contributed by atoms with Crippen molar-refractivity contribution in [2.24, 2.45) is 0 Å². The Bertz CT molecular complexity index is 306. The van der Waals surface area contributed by atoms with Gasteiger partial charge in [-0.05, 0) is 22.7 Å². The summed E-state index contributed by atoms with van der Waals surface area (Å²) >= 11 is 0. The lowest BCUT2D eigenvalue weighted by Crippen LogP contribution is -2.52. The Labute approximate surface area is 130 Å². The van der Waals surface area contributed by atoms with Gasteiger partial charge < -0.3 is 18.6 Å². The summed E-state index contributed by atoms with van der Waals surface area (Å²) < 4.78 is 22.7. The largest absolute Gasteiger partial charge is 0.493 e. The SMILES string of the molecule is COCOC[C@H]1OC=C[C@@H]1O[Si](C(C)C)(C(C)C)C(C)C. The summed E-state index contributed by atoms with van der Waals surface area (Å²) in [6.45, 7) is 14.5. The standard InChI is InChI=1S/C16H32O4Si/c1-12(2)21(13(3)4,14(5)6)20-15-8-9-19-16(15)10-18-11-17-7/h8-9,12-16H,10-11H2,1-7H3/t15-,16+/m0/s1. The Morgan fingerprint density at radius 1 is 1.05 bits per heavy atom. The molecule has 0 fully saturated rings. The number of methoxy groups -OCH3 is 1. The van der Waals surface area contributed by atoms with E-state index in [4.69, 9.17) is 18.6 Å². The predicted molar refractivity (Wildman–Crippen MR) is 87.8 cm³/mol. The van der Waals surface area contributed by atoms with Gasteiger partial charge in [0, 0.05) is 7.11 Å². The second-order valence-electron chi connectivity index (χ2n) is 6.68. The summed E-state index contributed by atoms with van der Waals surface area (Å²) in [6.07, 6.45) is 3.69. The smallest absolute Gasteiger partial charge is 0.201 e. The third kappa shape index (κ3) is 4.31. The fraction of sp³-hybridized carbons (Fsp3) is 0.875. The van der Waals surface area contributed by atoms with Gasteiger partial charge in [-0.15, -0.1) is 0 Å². The van der Waals surface area contributed by atoms with Crippen LogP contribution in [0.2, 0.25) is 16.6 Å². The lowest BCUT2D eigenvalue weighted by molar-refractivity contribution is -0.0752. The van der Waals surface area contributed by atoms with Gasteiger partial charge in [-0.25, -0.2) is 0 Å². The van der Waals surface area contributed by atoms with E-state index in [1.807, 2.05) is 6.08 Å². The minimum atomic E-state index is -1.90. The van der Waals surface area contributed by atoms with E-state index in [9.17, 15) is 0 Å². The highest BCUT2D eigenvalue weighted by Crippen LogP contribution is 2.43. The average molecular weight is 317 g/mol. The van der Waals surface area contributed by atoms with Gasteiger partial charge in [-0.1, -0.05) is 41.5 Å². The van der Waals surface area contributed by atoms with E-state index < -0.39 is 8.32 Å². The highest BCUT2D eigenvalue weighted by atomic mass is 28.4. The van der Waals surface area contributed by atoms with Gasteiger partial charge in [0.1, 0.15) is 19.0 Å². The second kappa shape index (κ2) is 8.32. The molecule has 2 atom stereocenters. The molecule has 0 aromatic heterocycles. The third-order valence-corrected chi connectivity index (χ3v) is 10.5. The van der Waals surface area contributed by atoms with Gasteiger partial charge in [0.15, 0.2) is 0 Å². The Balaban J connectivity index is 2.80. The molecule has 124 valence electrons. The van der Waals surface area contributed by atoms with Gasteiger partial charge in [-0.2, -0.15) is 0 Å². The molecule has 0 amide bonds. The molecule has 1 aliphatic heterocycles.